The van der Waals surface area contributed by atoms with E-state index in [2.05, 4.69) is 15.4 Å². The van der Waals surface area contributed by atoms with Crippen LogP contribution in [0.2, 0.25) is 0 Å². The van der Waals surface area contributed by atoms with Gasteiger partial charge in [-0.1, -0.05) is 36.4 Å². The van der Waals surface area contributed by atoms with Crippen molar-refractivity contribution in [2.75, 3.05) is 0 Å². The van der Waals surface area contributed by atoms with E-state index >= 15 is 0 Å². The SMILES string of the molecule is FC(F)(F)c1cccc(-n2nnc(-c3ccccc3)n2)c1. The maximum absolute atomic E-state index is 12.7. The van der Waals surface area contributed by atoms with Gasteiger partial charge in [0.2, 0.25) is 5.82 Å². The largest absolute Gasteiger partial charge is 0.416 e. The summed E-state index contributed by atoms with van der Waals surface area (Å²) in [6.45, 7) is 0. The van der Waals surface area contributed by atoms with Gasteiger partial charge in [-0.3, -0.25) is 0 Å². The Labute approximate surface area is 117 Å². The summed E-state index contributed by atoms with van der Waals surface area (Å²) in [6, 6.07) is 13.9. The zero-order valence-electron chi connectivity index (χ0n) is 10.6. The molecule has 0 amide bonds. The zero-order valence-corrected chi connectivity index (χ0v) is 10.6. The normalized spacial score (nSPS) is 11.6. The van der Waals surface area contributed by atoms with Gasteiger partial charge in [-0.05, 0) is 23.4 Å². The second-order valence-corrected chi connectivity index (χ2v) is 4.32. The smallest absolute Gasteiger partial charge is 0.166 e. The third-order valence-corrected chi connectivity index (χ3v) is 2.85. The quantitative estimate of drug-likeness (QED) is 0.727. The van der Waals surface area contributed by atoms with Gasteiger partial charge in [0.1, 0.15) is 0 Å². The third kappa shape index (κ3) is 2.76. The Kier molecular flexibility index (Phi) is 3.17. The van der Waals surface area contributed by atoms with Crippen molar-refractivity contribution in [3.63, 3.8) is 0 Å². The molecule has 4 nitrogen and oxygen atoms in total. The van der Waals surface area contributed by atoms with Crippen molar-refractivity contribution in [1.29, 1.82) is 0 Å². The van der Waals surface area contributed by atoms with Crippen LogP contribution in [-0.4, -0.2) is 20.2 Å². The molecule has 106 valence electrons. The first kappa shape index (κ1) is 13.3. The highest BCUT2D eigenvalue weighted by Crippen LogP contribution is 2.30. The molecular formula is C14H9F3N4. The number of tetrazole rings is 1. The Morgan fingerprint density at radius 1 is 0.905 bits per heavy atom. The number of alkyl halides is 3. The molecule has 0 saturated carbocycles. The molecule has 2 aromatic carbocycles. The predicted octanol–water partition coefficient (Wildman–Crippen LogP) is 3.35. The van der Waals surface area contributed by atoms with Crippen molar-refractivity contribution in [2.24, 2.45) is 0 Å². The first-order valence-electron chi connectivity index (χ1n) is 6.07. The van der Waals surface area contributed by atoms with Crippen molar-refractivity contribution >= 4 is 0 Å². The molecule has 0 fully saturated rings. The average Bonchev–Trinajstić information content (AvgIpc) is 2.97. The average molecular weight is 290 g/mol. The molecule has 7 heteroatoms. The van der Waals surface area contributed by atoms with E-state index in [4.69, 9.17) is 0 Å². The van der Waals surface area contributed by atoms with Crippen LogP contribution in [0.4, 0.5) is 13.2 Å². The van der Waals surface area contributed by atoms with Crippen LogP contribution in [0.25, 0.3) is 17.1 Å². The maximum atomic E-state index is 12.7. The number of nitrogens with zero attached hydrogens (tertiary/aromatic N) is 4. The molecule has 0 aliphatic rings. The Hall–Kier alpha value is -2.70. The van der Waals surface area contributed by atoms with Gasteiger partial charge in [0, 0.05) is 5.56 Å². The summed E-state index contributed by atoms with van der Waals surface area (Å²) in [4.78, 5) is 1.08. The van der Waals surface area contributed by atoms with Gasteiger partial charge in [0.05, 0.1) is 11.3 Å². The minimum Gasteiger partial charge on any atom is -0.166 e. The minimum absolute atomic E-state index is 0.208. The summed E-state index contributed by atoms with van der Waals surface area (Å²) in [7, 11) is 0. The van der Waals surface area contributed by atoms with Crippen LogP contribution in [-0.2, 0) is 6.18 Å². The second kappa shape index (κ2) is 5.01. The Morgan fingerprint density at radius 3 is 2.38 bits per heavy atom. The van der Waals surface area contributed by atoms with Crippen LogP contribution in [0.3, 0.4) is 0 Å². The van der Waals surface area contributed by atoms with Crippen LogP contribution in [0.15, 0.2) is 54.6 Å². The zero-order chi connectivity index (χ0) is 14.9. The van der Waals surface area contributed by atoms with E-state index in [0.717, 1.165) is 22.5 Å². The molecule has 0 bridgehead atoms. The standard InChI is InChI=1S/C14H9F3N4/c15-14(16,17)11-7-4-8-12(9-11)21-19-13(18-20-21)10-5-2-1-3-6-10/h1-9H. The summed E-state index contributed by atoms with van der Waals surface area (Å²) in [5, 5.41) is 11.8. The van der Waals surface area contributed by atoms with Gasteiger partial charge < -0.3 is 0 Å². The number of halogens is 3. The van der Waals surface area contributed by atoms with E-state index in [-0.39, 0.29) is 5.69 Å². The number of benzene rings is 2. The first-order chi connectivity index (χ1) is 10.0. The minimum atomic E-state index is -4.40. The Morgan fingerprint density at radius 2 is 1.67 bits per heavy atom. The molecule has 0 unspecified atom stereocenters. The lowest BCUT2D eigenvalue weighted by Crippen LogP contribution is -2.07. The summed E-state index contributed by atoms with van der Waals surface area (Å²) < 4.78 is 38.1. The number of rotatable bonds is 2. The molecule has 0 radical (unpaired) electrons. The van der Waals surface area contributed by atoms with Gasteiger partial charge in [-0.15, -0.1) is 15.0 Å². The molecule has 21 heavy (non-hydrogen) atoms. The van der Waals surface area contributed by atoms with Crippen molar-refractivity contribution < 1.29 is 13.2 Å². The van der Waals surface area contributed by atoms with Crippen LogP contribution in [0, 0.1) is 0 Å². The van der Waals surface area contributed by atoms with Crippen LogP contribution < -0.4 is 0 Å². The van der Waals surface area contributed by atoms with E-state index in [1.165, 1.54) is 12.1 Å². The van der Waals surface area contributed by atoms with Gasteiger partial charge in [-0.25, -0.2) is 0 Å². The lowest BCUT2D eigenvalue weighted by molar-refractivity contribution is -0.137. The van der Waals surface area contributed by atoms with E-state index < -0.39 is 11.7 Å². The summed E-state index contributed by atoms with van der Waals surface area (Å²) in [5.41, 5.74) is 0.203. The molecule has 3 aromatic rings. The highest BCUT2D eigenvalue weighted by Gasteiger charge is 2.30. The molecule has 1 aromatic heterocycles. The first-order valence-corrected chi connectivity index (χ1v) is 6.07. The molecule has 0 aliphatic heterocycles. The summed E-state index contributed by atoms with van der Waals surface area (Å²) in [6.07, 6.45) is -4.40. The number of aromatic nitrogens is 4. The monoisotopic (exact) mass is 290 g/mol. The fourth-order valence-electron chi connectivity index (χ4n) is 1.83. The maximum Gasteiger partial charge on any atom is 0.416 e. The van der Waals surface area contributed by atoms with Gasteiger partial charge in [0.15, 0.2) is 0 Å². The molecule has 0 spiro atoms. The van der Waals surface area contributed by atoms with Gasteiger partial charge >= 0.3 is 6.18 Å². The van der Waals surface area contributed by atoms with Gasteiger partial charge in [-0.2, -0.15) is 13.2 Å². The summed E-state index contributed by atoms with van der Waals surface area (Å²) >= 11 is 0. The highest BCUT2D eigenvalue weighted by atomic mass is 19.4. The number of hydrogen-bond acceptors (Lipinski definition) is 3. The Balaban J connectivity index is 1.97. The topological polar surface area (TPSA) is 43.6 Å². The molecule has 0 N–H and O–H groups in total. The van der Waals surface area contributed by atoms with Crippen LogP contribution >= 0.6 is 0 Å². The van der Waals surface area contributed by atoms with Crippen molar-refractivity contribution in [2.45, 2.75) is 6.18 Å². The Bertz CT molecular complexity index is 750. The third-order valence-electron chi connectivity index (χ3n) is 2.85. The number of hydrogen-bond donors (Lipinski definition) is 0. The molecular weight excluding hydrogens is 281 g/mol. The predicted molar refractivity (Wildman–Crippen MR) is 69.6 cm³/mol. The van der Waals surface area contributed by atoms with Crippen LogP contribution in [0.5, 0.6) is 0 Å². The van der Waals surface area contributed by atoms with E-state index in [1.54, 1.807) is 12.1 Å². The lowest BCUT2D eigenvalue weighted by atomic mass is 10.2. The van der Waals surface area contributed by atoms with E-state index in [1.807, 2.05) is 18.2 Å². The molecule has 0 aliphatic carbocycles. The van der Waals surface area contributed by atoms with Crippen molar-refractivity contribution in [3.8, 4) is 17.1 Å². The lowest BCUT2D eigenvalue weighted by Gasteiger charge is -2.07. The summed E-state index contributed by atoms with van der Waals surface area (Å²) in [5.74, 6) is 0.355. The fraction of sp³-hybridized carbons (Fsp3) is 0.0714. The molecule has 0 atom stereocenters. The van der Waals surface area contributed by atoms with E-state index in [0.29, 0.717) is 5.82 Å². The van der Waals surface area contributed by atoms with Gasteiger partial charge in [0.25, 0.3) is 0 Å². The van der Waals surface area contributed by atoms with E-state index in [9.17, 15) is 13.2 Å². The fourth-order valence-corrected chi connectivity index (χ4v) is 1.83. The highest BCUT2D eigenvalue weighted by molar-refractivity contribution is 5.53. The van der Waals surface area contributed by atoms with Crippen LogP contribution in [0.1, 0.15) is 5.56 Å². The molecule has 0 saturated heterocycles. The van der Waals surface area contributed by atoms with Crippen molar-refractivity contribution in [3.05, 3.63) is 60.2 Å². The molecule has 3 rings (SSSR count). The second-order valence-electron chi connectivity index (χ2n) is 4.32. The molecule has 1 heterocycles. The van der Waals surface area contributed by atoms with Crippen molar-refractivity contribution in [1.82, 2.24) is 20.2 Å².